The first kappa shape index (κ1) is 17.1. The zero-order valence-corrected chi connectivity index (χ0v) is 14.7. The molecule has 1 atom stereocenters. The standard InChI is InChI=1S/C21H14O8/c22-10-2-1-8(3-11(10)23)4-17-20(26)19-16(29-17)7-15-18(21(19)27)9-5-12(24)13(25)6-14(9)28-15/h1-3,5-7,17,22-25,27H,4H2. The van der Waals surface area contributed by atoms with Crippen LogP contribution in [-0.2, 0) is 6.42 Å². The predicted molar refractivity (Wildman–Crippen MR) is 101 cm³/mol. The number of carbonyl (C=O) groups is 1. The van der Waals surface area contributed by atoms with Crippen LogP contribution < -0.4 is 4.74 Å². The fourth-order valence-electron chi connectivity index (χ4n) is 3.66. The molecule has 29 heavy (non-hydrogen) atoms. The van der Waals surface area contributed by atoms with Gasteiger partial charge in [0.1, 0.15) is 28.2 Å². The number of Topliss-reactive ketones (excluding diaryl/α,β-unsaturated/α-hetero) is 1. The number of hydrogen-bond acceptors (Lipinski definition) is 8. The van der Waals surface area contributed by atoms with Gasteiger partial charge in [-0.3, -0.25) is 4.79 Å². The molecule has 3 aromatic carbocycles. The molecule has 1 aliphatic heterocycles. The SMILES string of the molecule is O=C1c2c(cc3oc4cc(O)c(O)cc4c3c2O)OC1Cc1ccc(O)c(O)c1. The van der Waals surface area contributed by atoms with Gasteiger partial charge in [0.15, 0.2) is 29.1 Å². The van der Waals surface area contributed by atoms with Gasteiger partial charge in [0.05, 0.1) is 5.39 Å². The van der Waals surface area contributed by atoms with Crippen LogP contribution in [0.1, 0.15) is 15.9 Å². The number of fused-ring (bicyclic) bond motifs is 4. The number of phenols is 5. The topological polar surface area (TPSA) is 141 Å². The fourth-order valence-corrected chi connectivity index (χ4v) is 3.66. The smallest absolute Gasteiger partial charge is 0.211 e. The largest absolute Gasteiger partial charge is 0.506 e. The van der Waals surface area contributed by atoms with Crippen molar-refractivity contribution >= 4 is 27.7 Å². The summed E-state index contributed by atoms with van der Waals surface area (Å²) in [5.74, 6) is -1.94. The lowest BCUT2D eigenvalue weighted by atomic mass is 9.99. The van der Waals surface area contributed by atoms with Crippen molar-refractivity contribution in [1.29, 1.82) is 0 Å². The van der Waals surface area contributed by atoms with Gasteiger partial charge in [-0.2, -0.15) is 0 Å². The molecule has 5 rings (SSSR count). The summed E-state index contributed by atoms with van der Waals surface area (Å²) in [7, 11) is 0. The number of ketones is 1. The Morgan fingerprint density at radius 1 is 0.828 bits per heavy atom. The summed E-state index contributed by atoms with van der Waals surface area (Å²) in [5, 5.41) is 49.8. The van der Waals surface area contributed by atoms with E-state index in [1.807, 2.05) is 0 Å². The van der Waals surface area contributed by atoms with Crippen molar-refractivity contribution in [3.63, 3.8) is 0 Å². The second-order valence-corrected chi connectivity index (χ2v) is 6.91. The van der Waals surface area contributed by atoms with Crippen LogP contribution in [0.2, 0.25) is 0 Å². The van der Waals surface area contributed by atoms with E-state index in [9.17, 15) is 30.3 Å². The summed E-state index contributed by atoms with van der Waals surface area (Å²) in [4.78, 5) is 12.9. The van der Waals surface area contributed by atoms with Crippen LogP contribution in [0.25, 0.3) is 21.9 Å². The van der Waals surface area contributed by atoms with Crippen molar-refractivity contribution in [2.24, 2.45) is 0 Å². The molecule has 2 heterocycles. The van der Waals surface area contributed by atoms with Crippen LogP contribution in [0.3, 0.4) is 0 Å². The monoisotopic (exact) mass is 394 g/mol. The van der Waals surface area contributed by atoms with E-state index in [1.54, 1.807) is 6.07 Å². The quantitative estimate of drug-likeness (QED) is 0.326. The minimum absolute atomic E-state index is 0.000708. The Labute approximate surface area is 162 Å². The van der Waals surface area contributed by atoms with E-state index in [2.05, 4.69) is 0 Å². The molecule has 1 unspecified atom stereocenters. The average molecular weight is 394 g/mol. The maximum Gasteiger partial charge on any atom is 0.211 e. The molecule has 0 aliphatic carbocycles. The number of hydrogen-bond donors (Lipinski definition) is 5. The normalized spacial score (nSPS) is 15.7. The van der Waals surface area contributed by atoms with Crippen molar-refractivity contribution < 1.29 is 39.5 Å². The first-order chi connectivity index (χ1) is 13.8. The van der Waals surface area contributed by atoms with Gasteiger partial charge in [-0.15, -0.1) is 0 Å². The van der Waals surface area contributed by atoms with Crippen molar-refractivity contribution in [3.8, 4) is 34.5 Å². The highest BCUT2D eigenvalue weighted by Crippen LogP contribution is 2.47. The lowest BCUT2D eigenvalue weighted by Gasteiger charge is -2.10. The van der Waals surface area contributed by atoms with Crippen molar-refractivity contribution in [2.45, 2.75) is 12.5 Å². The molecule has 0 saturated carbocycles. The van der Waals surface area contributed by atoms with Gasteiger partial charge >= 0.3 is 0 Å². The second-order valence-electron chi connectivity index (χ2n) is 6.91. The van der Waals surface area contributed by atoms with Crippen molar-refractivity contribution in [2.75, 3.05) is 0 Å². The first-order valence-corrected chi connectivity index (χ1v) is 8.69. The molecule has 0 saturated heterocycles. The van der Waals surface area contributed by atoms with E-state index >= 15 is 0 Å². The van der Waals surface area contributed by atoms with E-state index in [0.717, 1.165) is 0 Å². The zero-order chi connectivity index (χ0) is 20.4. The third kappa shape index (κ3) is 2.42. The molecule has 4 aromatic rings. The van der Waals surface area contributed by atoms with Crippen LogP contribution in [0, 0.1) is 0 Å². The highest BCUT2D eigenvalue weighted by atomic mass is 16.5. The number of carbonyl (C=O) groups excluding carboxylic acids is 1. The highest BCUT2D eigenvalue weighted by Gasteiger charge is 2.37. The summed E-state index contributed by atoms with van der Waals surface area (Å²) in [6.45, 7) is 0. The molecule has 0 bridgehead atoms. The average Bonchev–Trinajstić information content (AvgIpc) is 3.16. The van der Waals surface area contributed by atoms with Crippen molar-refractivity contribution in [1.82, 2.24) is 0 Å². The van der Waals surface area contributed by atoms with Gasteiger partial charge in [0, 0.05) is 23.9 Å². The molecule has 8 nitrogen and oxygen atoms in total. The summed E-state index contributed by atoms with van der Waals surface area (Å²) in [5.41, 5.74) is 1.04. The molecule has 5 N–H and O–H groups in total. The van der Waals surface area contributed by atoms with Crippen LogP contribution in [0.4, 0.5) is 0 Å². The predicted octanol–water partition coefficient (Wildman–Crippen LogP) is 3.30. The van der Waals surface area contributed by atoms with Crippen molar-refractivity contribution in [3.05, 3.63) is 47.5 Å². The van der Waals surface area contributed by atoms with Gasteiger partial charge in [0.25, 0.3) is 0 Å². The number of benzene rings is 3. The third-order valence-corrected chi connectivity index (χ3v) is 5.06. The van der Waals surface area contributed by atoms with E-state index < -0.39 is 11.9 Å². The Morgan fingerprint density at radius 2 is 1.55 bits per heavy atom. The lowest BCUT2D eigenvalue weighted by Crippen LogP contribution is -2.23. The Kier molecular flexibility index (Phi) is 3.36. The Balaban J connectivity index is 1.59. The van der Waals surface area contributed by atoms with Crippen LogP contribution >= 0.6 is 0 Å². The Hall–Kier alpha value is -4.07. The third-order valence-electron chi connectivity index (χ3n) is 5.06. The van der Waals surface area contributed by atoms with Crippen LogP contribution in [-0.4, -0.2) is 37.4 Å². The lowest BCUT2D eigenvalue weighted by molar-refractivity contribution is 0.0856. The van der Waals surface area contributed by atoms with E-state index in [-0.39, 0.29) is 63.0 Å². The highest BCUT2D eigenvalue weighted by molar-refractivity contribution is 6.17. The molecule has 0 spiro atoms. The maximum atomic E-state index is 12.9. The fraction of sp³-hybridized carbons (Fsp3) is 0.0952. The van der Waals surface area contributed by atoms with Crippen LogP contribution in [0.15, 0.2) is 40.8 Å². The number of furan rings is 1. The molecule has 0 radical (unpaired) electrons. The minimum Gasteiger partial charge on any atom is -0.506 e. The summed E-state index contributed by atoms with van der Waals surface area (Å²) in [6, 6.07) is 8.16. The number of ether oxygens (including phenoxy) is 1. The van der Waals surface area contributed by atoms with Gasteiger partial charge < -0.3 is 34.7 Å². The second kappa shape index (κ2) is 5.71. The summed E-state index contributed by atoms with van der Waals surface area (Å²) in [6.07, 6.45) is -0.799. The molecule has 0 fully saturated rings. The summed E-state index contributed by atoms with van der Waals surface area (Å²) >= 11 is 0. The van der Waals surface area contributed by atoms with Gasteiger partial charge in [-0.1, -0.05) is 6.07 Å². The van der Waals surface area contributed by atoms with Gasteiger partial charge in [-0.25, -0.2) is 0 Å². The molecule has 1 aliphatic rings. The number of rotatable bonds is 2. The first-order valence-electron chi connectivity index (χ1n) is 8.69. The Bertz CT molecular complexity index is 1330. The number of phenolic OH excluding ortho intramolecular Hbond substituents is 5. The summed E-state index contributed by atoms with van der Waals surface area (Å²) < 4.78 is 11.3. The van der Waals surface area contributed by atoms with Gasteiger partial charge in [-0.05, 0) is 23.8 Å². The molecule has 8 heteroatoms. The van der Waals surface area contributed by atoms with E-state index in [4.69, 9.17) is 9.15 Å². The molecule has 146 valence electrons. The van der Waals surface area contributed by atoms with E-state index in [0.29, 0.717) is 10.9 Å². The molecular formula is C21H14O8. The molecule has 1 aromatic heterocycles. The van der Waals surface area contributed by atoms with E-state index in [1.165, 1.54) is 30.3 Å². The Morgan fingerprint density at radius 3 is 2.31 bits per heavy atom. The van der Waals surface area contributed by atoms with Gasteiger partial charge in [0.2, 0.25) is 5.78 Å². The minimum atomic E-state index is -0.921. The maximum absolute atomic E-state index is 12.9. The molecular weight excluding hydrogens is 380 g/mol. The zero-order valence-electron chi connectivity index (χ0n) is 14.7. The number of aromatic hydroxyl groups is 5. The molecule has 0 amide bonds. The van der Waals surface area contributed by atoms with Crippen LogP contribution in [0.5, 0.6) is 34.5 Å².